The Balaban J connectivity index is 2.22. The summed E-state index contributed by atoms with van der Waals surface area (Å²) in [5.74, 6) is -2.15. The second-order valence-electron chi connectivity index (χ2n) is 5.25. The molecule has 0 bridgehead atoms. The lowest BCUT2D eigenvalue weighted by Crippen LogP contribution is -2.43. The van der Waals surface area contributed by atoms with Gasteiger partial charge in [0, 0.05) is 6.42 Å². The average Bonchev–Trinajstić information content (AvgIpc) is 2.56. The number of ether oxygens (including phenoxy) is 1. The Labute approximate surface area is 149 Å². The Kier molecular flexibility index (Phi) is 6.36. The first kappa shape index (κ1) is 18.7. The standard InChI is InChI=1S/C18H17ClFNO4/c1-2-25-18(24)15(10-11-6-8-12(22)9-7-11)21-17(23)16-13(19)4-3-5-14(16)20/h3-9,15,22H,2,10H2,1H3,(H,21,23). The molecule has 0 fully saturated rings. The summed E-state index contributed by atoms with van der Waals surface area (Å²) in [7, 11) is 0. The van der Waals surface area contributed by atoms with Gasteiger partial charge in [-0.05, 0) is 36.8 Å². The highest BCUT2D eigenvalue weighted by Gasteiger charge is 2.25. The highest BCUT2D eigenvalue weighted by molar-refractivity contribution is 6.33. The van der Waals surface area contributed by atoms with Crippen LogP contribution in [0.5, 0.6) is 5.75 Å². The molecule has 0 spiro atoms. The summed E-state index contributed by atoms with van der Waals surface area (Å²) in [6.45, 7) is 1.78. The topological polar surface area (TPSA) is 75.6 Å². The smallest absolute Gasteiger partial charge is 0.328 e. The highest BCUT2D eigenvalue weighted by Crippen LogP contribution is 2.19. The van der Waals surface area contributed by atoms with Gasteiger partial charge in [-0.25, -0.2) is 9.18 Å². The maximum Gasteiger partial charge on any atom is 0.328 e. The van der Waals surface area contributed by atoms with Crippen molar-refractivity contribution >= 4 is 23.5 Å². The van der Waals surface area contributed by atoms with Gasteiger partial charge >= 0.3 is 5.97 Å². The summed E-state index contributed by atoms with van der Waals surface area (Å²) in [5, 5.41) is 11.7. The molecule has 7 heteroatoms. The van der Waals surface area contributed by atoms with Crippen molar-refractivity contribution in [3.05, 3.63) is 64.4 Å². The third-order valence-corrected chi connectivity index (χ3v) is 3.76. The van der Waals surface area contributed by atoms with Crippen molar-refractivity contribution in [1.82, 2.24) is 5.32 Å². The number of rotatable bonds is 6. The van der Waals surface area contributed by atoms with E-state index in [0.29, 0.717) is 5.56 Å². The predicted octanol–water partition coefficient (Wildman–Crippen LogP) is 3.09. The number of phenols is 1. The van der Waals surface area contributed by atoms with Crippen molar-refractivity contribution in [2.75, 3.05) is 6.61 Å². The number of hydrogen-bond donors (Lipinski definition) is 2. The summed E-state index contributed by atoms with van der Waals surface area (Å²) < 4.78 is 18.8. The number of carbonyl (C=O) groups excluding carboxylic acids is 2. The molecule has 0 aliphatic heterocycles. The SMILES string of the molecule is CCOC(=O)C(Cc1ccc(O)cc1)NC(=O)c1c(F)cccc1Cl. The van der Waals surface area contributed by atoms with Gasteiger partial charge < -0.3 is 15.2 Å². The quantitative estimate of drug-likeness (QED) is 0.771. The number of benzene rings is 2. The largest absolute Gasteiger partial charge is 0.508 e. The normalized spacial score (nSPS) is 11.6. The van der Waals surface area contributed by atoms with Gasteiger partial charge in [0.25, 0.3) is 5.91 Å². The summed E-state index contributed by atoms with van der Waals surface area (Å²) in [4.78, 5) is 24.5. The third-order valence-electron chi connectivity index (χ3n) is 3.44. The molecule has 2 N–H and O–H groups in total. The Bertz CT molecular complexity index is 744. The molecule has 0 radical (unpaired) electrons. The van der Waals surface area contributed by atoms with E-state index in [0.717, 1.165) is 6.07 Å². The lowest BCUT2D eigenvalue weighted by atomic mass is 10.0. The number of phenolic OH excluding ortho intramolecular Hbond substituents is 1. The molecule has 25 heavy (non-hydrogen) atoms. The van der Waals surface area contributed by atoms with Gasteiger partial charge in [-0.3, -0.25) is 4.79 Å². The summed E-state index contributed by atoms with van der Waals surface area (Å²) in [6.07, 6.45) is 0.122. The van der Waals surface area contributed by atoms with E-state index in [1.807, 2.05) is 0 Å². The fourth-order valence-corrected chi connectivity index (χ4v) is 2.50. The number of esters is 1. The minimum atomic E-state index is -1.02. The van der Waals surface area contributed by atoms with Crippen LogP contribution in [0.2, 0.25) is 5.02 Å². The van der Waals surface area contributed by atoms with Gasteiger partial charge in [0.2, 0.25) is 0 Å². The van der Waals surface area contributed by atoms with Crippen molar-refractivity contribution in [2.24, 2.45) is 0 Å². The lowest BCUT2D eigenvalue weighted by Gasteiger charge is -2.18. The van der Waals surface area contributed by atoms with E-state index in [1.54, 1.807) is 19.1 Å². The molecule has 2 aromatic rings. The van der Waals surface area contributed by atoms with E-state index in [4.69, 9.17) is 16.3 Å². The fraction of sp³-hybridized carbons (Fsp3) is 0.222. The second-order valence-corrected chi connectivity index (χ2v) is 5.65. The Hall–Kier alpha value is -2.60. The molecule has 2 aromatic carbocycles. The van der Waals surface area contributed by atoms with Crippen LogP contribution >= 0.6 is 11.6 Å². The lowest BCUT2D eigenvalue weighted by molar-refractivity contribution is -0.145. The van der Waals surface area contributed by atoms with Crippen LogP contribution in [0, 0.1) is 5.82 Å². The average molecular weight is 366 g/mol. The zero-order valence-corrected chi connectivity index (χ0v) is 14.2. The Morgan fingerprint density at radius 3 is 2.52 bits per heavy atom. The zero-order valence-electron chi connectivity index (χ0n) is 13.5. The van der Waals surface area contributed by atoms with E-state index in [-0.39, 0.29) is 29.4 Å². The van der Waals surface area contributed by atoms with Crippen LogP contribution in [0.25, 0.3) is 0 Å². The maximum atomic E-state index is 13.9. The van der Waals surface area contributed by atoms with Crippen molar-refractivity contribution in [3.63, 3.8) is 0 Å². The highest BCUT2D eigenvalue weighted by atomic mass is 35.5. The van der Waals surface area contributed by atoms with Crippen LogP contribution in [0.15, 0.2) is 42.5 Å². The Morgan fingerprint density at radius 2 is 1.92 bits per heavy atom. The molecule has 2 rings (SSSR count). The van der Waals surface area contributed by atoms with E-state index in [2.05, 4.69) is 5.32 Å². The molecular formula is C18H17ClFNO4. The maximum absolute atomic E-state index is 13.9. The van der Waals surface area contributed by atoms with Gasteiger partial charge in [-0.1, -0.05) is 29.8 Å². The van der Waals surface area contributed by atoms with Gasteiger partial charge in [-0.2, -0.15) is 0 Å². The molecule has 0 saturated heterocycles. The van der Waals surface area contributed by atoms with Crippen LogP contribution in [-0.2, 0) is 16.0 Å². The van der Waals surface area contributed by atoms with Gasteiger partial charge in [0.15, 0.2) is 0 Å². The number of nitrogens with one attached hydrogen (secondary N) is 1. The van der Waals surface area contributed by atoms with Gasteiger partial charge in [0.05, 0.1) is 17.2 Å². The molecule has 1 atom stereocenters. The van der Waals surface area contributed by atoms with E-state index < -0.39 is 23.7 Å². The summed E-state index contributed by atoms with van der Waals surface area (Å²) in [6, 6.07) is 9.02. The first-order chi connectivity index (χ1) is 11.9. The molecule has 0 aromatic heterocycles. The van der Waals surface area contributed by atoms with Crippen LogP contribution in [0.4, 0.5) is 4.39 Å². The molecular weight excluding hydrogens is 349 g/mol. The number of carbonyl (C=O) groups is 2. The first-order valence-electron chi connectivity index (χ1n) is 7.61. The number of halogens is 2. The minimum absolute atomic E-state index is 0.0512. The molecule has 1 unspecified atom stereocenters. The first-order valence-corrected chi connectivity index (χ1v) is 7.99. The summed E-state index contributed by atoms with van der Waals surface area (Å²) >= 11 is 5.88. The molecule has 132 valence electrons. The predicted molar refractivity (Wildman–Crippen MR) is 91.1 cm³/mol. The van der Waals surface area contributed by atoms with Crippen LogP contribution in [-0.4, -0.2) is 29.6 Å². The molecule has 0 aliphatic rings. The molecule has 0 saturated carbocycles. The van der Waals surface area contributed by atoms with Crippen LogP contribution in [0.1, 0.15) is 22.8 Å². The molecule has 0 aliphatic carbocycles. The zero-order chi connectivity index (χ0) is 18.4. The van der Waals surface area contributed by atoms with Crippen molar-refractivity contribution in [2.45, 2.75) is 19.4 Å². The molecule has 0 heterocycles. The van der Waals surface area contributed by atoms with Crippen LogP contribution < -0.4 is 5.32 Å². The van der Waals surface area contributed by atoms with E-state index >= 15 is 0 Å². The second kappa shape index (κ2) is 8.48. The van der Waals surface area contributed by atoms with E-state index in [9.17, 15) is 19.1 Å². The minimum Gasteiger partial charge on any atom is -0.508 e. The Morgan fingerprint density at radius 1 is 1.24 bits per heavy atom. The fourth-order valence-electron chi connectivity index (χ4n) is 2.25. The third kappa shape index (κ3) is 4.93. The molecule has 1 amide bonds. The van der Waals surface area contributed by atoms with E-state index in [1.165, 1.54) is 24.3 Å². The van der Waals surface area contributed by atoms with Gasteiger partial charge in [0.1, 0.15) is 17.6 Å². The summed E-state index contributed by atoms with van der Waals surface area (Å²) in [5.41, 5.74) is 0.361. The monoisotopic (exact) mass is 365 g/mol. The van der Waals surface area contributed by atoms with Crippen molar-refractivity contribution in [1.29, 1.82) is 0 Å². The van der Waals surface area contributed by atoms with Gasteiger partial charge in [-0.15, -0.1) is 0 Å². The number of aromatic hydroxyl groups is 1. The van der Waals surface area contributed by atoms with Crippen LogP contribution in [0.3, 0.4) is 0 Å². The number of hydrogen-bond acceptors (Lipinski definition) is 4. The van der Waals surface area contributed by atoms with Crippen molar-refractivity contribution < 1.29 is 23.8 Å². The number of amides is 1. The van der Waals surface area contributed by atoms with Crippen molar-refractivity contribution in [3.8, 4) is 5.75 Å². The molecule has 5 nitrogen and oxygen atoms in total.